The summed E-state index contributed by atoms with van der Waals surface area (Å²) < 4.78 is 48.7. The molecule has 3 fully saturated rings. The highest BCUT2D eigenvalue weighted by molar-refractivity contribution is 5.45. The Hall–Kier alpha value is -1.81. The second-order valence-corrected chi connectivity index (χ2v) is 9.37. The Morgan fingerprint density at radius 1 is 1.26 bits per heavy atom. The SMILES string of the molecule is O=c1cc(NC[C@H]2OCC3CC32)nc2n1CC[C@@H](C(F)(F)F)N2CCC1CCNCC1. The zero-order valence-electron chi connectivity index (χ0n) is 17.5. The lowest BCUT2D eigenvalue weighted by atomic mass is 9.94. The molecule has 1 aromatic heterocycles. The molecule has 4 aliphatic rings. The van der Waals surface area contributed by atoms with Crippen LogP contribution in [0.4, 0.5) is 24.9 Å². The van der Waals surface area contributed by atoms with E-state index in [2.05, 4.69) is 15.6 Å². The third kappa shape index (κ3) is 4.41. The maximum absolute atomic E-state index is 13.9. The van der Waals surface area contributed by atoms with Crippen molar-refractivity contribution in [2.75, 3.05) is 43.0 Å². The van der Waals surface area contributed by atoms with E-state index >= 15 is 0 Å². The van der Waals surface area contributed by atoms with Gasteiger partial charge in [0.15, 0.2) is 0 Å². The highest BCUT2D eigenvalue weighted by Crippen LogP contribution is 2.48. The van der Waals surface area contributed by atoms with Gasteiger partial charge in [-0.25, -0.2) is 0 Å². The molecule has 2 unspecified atom stereocenters. The third-order valence-corrected chi connectivity index (χ3v) is 7.33. The van der Waals surface area contributed by atoms with Gasteiger partial charge in [0.25, 0.3) is 5.56 Å². The van der Waals surface area contributed by atoms with Gasteiger partial charge in [0.1, 0.15) is 11.9 Å². The fourth-order valence-electron chi connectivity index (χ4n) is 5.35. The van der Waals surface area contributed by atoms with Crippen molar-refractivity contribution in [1.82, 2.24) is 14.9 Å². The number of piperidine rings is 1. The molecule has 2 saturated heterocycles. The minimum Gasteiger partial charge on any atom is -0.376 e. The summed E-state index contributed by atoms with van der Waals surface area (Å²) in [6.45, 7) is 3.39. The summed E-state index contributed by atoms with van der Waals surface area (Å²) in [7, 11) is 0. The fourth-order valence-corrected chi connectivity index (χ4v) is 5.35. The van der Waals surface area contributed by atoms with Gasteiger partial charge in [-0.05, 0) is 62.9 Å². The Morgan fingerprint density at radius 3 is 2.74 bits per heavy atom. The topological polar surface area (TPSA) is 71.4 Å². The number of nitrogens with one attached hydrogen (secondary N) is 2. The second kappa shape index (κ2) is 8.27. The number of hydrogen-bond donors (Lipinski definition) is 2. The van der Waals surface area contributed by atoms with Crippen molar-refractivity contribution in [2.45, 2.75) is 57.0 Å². The van der Waals surface area contributed by atoms with Crippen LogP contribution in [0.25, 0.3) is 0 Å². The molecule has 0 bridgehead atoms. The van der Waals surface area contributed by atoms with Crippen LogP contribution in [0.2, 0.25) is 0 Å². The van der Waals surface area contributed by atoms with Gasteiger partial charge in [-0.15, -0.1) is 0 Å². The van der Waals surface area contributed by atoms with Crippen LogP contribution in [-0.2, 0) is 11.3 Å². The van der Waals surface area contributed by atoms with Gasteiger partial charge in [-0.2, -0.15) is 18.2 Å². The molecule has 4 heterocycles. The largest absolute Gasteiger partial charge is 0.408 e. The van der Waals surface area contributed by atoms with Gasteiger partial charge >= 0.3 is 6.18 Å². The number of rotatable bonds is 6. The molecular weight excluding hydrogens is 411 g/mol. The first kappa shape index (κ1) is 21.1. The maximum Gasteiger partial charge on any atom is 0.408 e. The van der Waals surface area contributed by atoms with Crippen LogP contribution < -0.4 is 21.1 Å². The Labute approximate surface area is 179 Å². The summed E-state index contributed by atoms with van der Waals surface area (Å²) in [6, 6.07) is -0.219. The van der Waals surface area contributed by atoms with Crippen LogP contribution in [0.5, 0.6) is 0 Å². The van der Waals surface area contributed by atoms with Gasteiger partial charge in [0.2, 0.25) is 5.95 Å². The summed E-state index contributed by atoms with van der Waals surface area (Å²) in [5, 5.41) is 6.44. The molecule has 31 heavy (non-hydrogen) atoms. The fraction of sp³-hybridized carbons (Fsp3) is 0.810. The molecule has 0 aromatic carbocycles. The van der Waals surface area contributed by atoms with Crippen molar-refractivity contribution in [3.05, 3.63) is 16.4 Å². The summed E-state index contributed by atoms with van der Waals surface area (Å²) >= 11 is 0. The standard InChI is InChI=1S/C21H30F3N5O2/c22-21(23,24)17-4-8-29-19(30)10-18(26-11-16-15-9-14(15)12-31-16)27-20(29)28(17)7-3-13-1-5-25-6-2-13/h10,13-17,25-26H,1-9,11-12H2/t14?,15?,16-,17+/m1/s1. The van der Waals surface area contributed by atoms with Gasteiger partial charge in [-0.3, -0.25) is 9.36 Å². The quantitative estimate of drug-likeness (QED) is 0.706. The van der Waals surface area contributed by atoms with E-state index in [9.17, 15) is 18.0 Å². The lowest BCUT2D eigenvalue weighted by Crippen LogP contribution is -2.53. The Balaban J connectivity index is 1.36. The summed E-state index contributed by atoms with van der Waals surface area (Å²) in [5.41, 5.74) is -0.309. The lowest BCUT2D eigenvalue weighted by molar-refractivity contribution is -0.152. The highest BCUT2D eigenvalue weighted by Gasteiger charge is 2.49. The molecular formula is C21H30F3N5O2. The van der Waals surface area contributed by atoms with E-state index in [-0.39, 0.29) is 37.1 Å². The van der Waals surface area contributed by atoms with Gasteiger partial charge in [-0.1, -0.05) is 0 Å². The molecule has 0 amide bonds. The van der Waals surface area contributed by atoms with Crippen LogP contribution in [0.1, 0.15) is 32.1 Å². The van der Waals surface area contributed by atoms with Crippen molar-refractivity contribution in [3.63, 3.8) is 0 Å². The van der Waals surface area contributed by atoms with Crippen molar-refractivity contribution in [1.29, 1.82) is 0 Å². The number of nitrogens with zero attached hydrogens (tertiary/aromatic N) is 3. The molecule has 5 rings (SSSR count). The van der Waals surface area contributed by atoms with Crippen molar-refractivity contribution in [3.8, 4) is 0 Å². The number of ether oxygens (including phenoxy) is 1. The first-order chi connectivity index (χ1) is 14.9. The molecule has 7 nitrogen and oxygen atoms in total. The Kier molecular flexibility index (Phi) is 5.62. The van der Waals surface area contributed by atoms with Crippen LogP contribution in [-0.4, -0.2) is 60.7 Å². The molecule has 1 saturated carbocycles. The maximum atomic E-state index is 13.9. The van der Waals surface area contributed by atoms with E-state index < -0.39 is 12.2 Å². The monoisotopic (exact) mass is 441 g/mol. The first-order valence-electron chi connectivity index (χ1n) is 11.4. The van der Waals surface area contributed by atoms with Crippen molar-refractivity contribution < 1.29 is 17.9 Å². The Bertz CT molecular complexity index is 854. The second-order valence-electron chi connectivity index (χ2n) is 9.37. The average Bonchev–Trinajstić information content (AvgIpc) is 3.42. The Morgan fingerprint density at radius 2 is 2.06 bits per heavy atom. The number of fused-ring (bicyclic) bond motifs is 2. The summed E-state index contributed by atoms with van der Waals surface area (Å²) in [4.78, 5) is 18.5. The van der Waals surface area contributed by atoms with Crippen molar-refractivity contribution >= 4 is 11.8 Å². The highest BCUT2D eigenvalue weighted by atomic mass is 19.4. The molecule has 1 aromatic rings. The van der Waals surface area contributed by atoms with E-state index in [0.717, 1.165) is 32.5 Å². The van der Waals surface area contributed by atoms with Gasteiger partial charge in [0, 0.05) is 25.7 Å². The third-order valence-electron chi connectivity index (χ3n) is 7.33. The van der Waals surface area contributed by atoms with E-state index in [1.165, 1.54) is 22.0 Å². The van der Waals surface area contributed by atoms with Crippen LogP contribution >= 0.6 is 0 Å². The molecule has 2 N–H and O–H groups in total. The van der Waals surface area contributed by atoms with E-state index in [0.29, 0.717) is 36.5 Å². The van der Waals surface area contributed by atoms with Crippen molar-refractivity contribution in [2.24, 2.45) is 17.8 Å². The molecule has 4 atom stereocenters. The lowest BCUT2D eigenvalue weighted by Gasteiger charge is -2.40. The zero-order chi connectivity index (χ0) is 21.6. The molecule has 10 heteroatoms. The molecule has 3 aliphatic heterocycles. The zero-order valence-corrected chi connectivity index (χ0v) is 17.5. The van der Waals surface area contributed by atoms with Crippen LogP contribution in [0.15, 0.2) is 10.9 Å². The molecule has 0 radical (unpaired) electrons. The van der Waals surface area contributed by atoms with Gasteiger partial charge in [0.05, 0.1) is 12.7 Å². The van der Waals surface area contributed by atoms with E-state index in [4.69, 9.17) is 4.74 Å². The normalized spacial score (nSPS) is 30.7. The van der Waals surface area contributed by atoms with Crippen LogP contribution in [0.3, 0.4) is 0 Å². The predicted octanol–water partition coefficient (Wildman–Crippen LogP) is 2.22. The minimum absolute atomic E-state index is 0.0327. The molecule has 172 valence electrons. The number of hydrogen-bond acceptors (Lipinski definition) is 6. The smallest absolute Gasteiger partial charge is 0.376 e. The number of anilines is 2. The van der Waals surface area contributed by atoms with E-state index in [1.807, 2.05) is 0 Å². The summed E-state index contributed by atoms with van der Waals surface area (Å²) in [6.07, 6.45) is -0.629. The average molecular weight is 441 g/mol. The summed E-state index contributed by atoms with van der Waals surface area (Å²) in [5.74, 6) is 2.06. The van der Waals surface area contributed by atoms with Crippen LogP contribution in [0, 0.1) is 17.8 Å². The number of aromatic nitrogens is 2. The predicted molar refractivity (Wildman–Crippen MR) is 110 cm³/mol. The molecule has 0 spiro atoms. The van der Waals surface area contributed by atoms with E-state index in [1.54, 1.807) is 0 Å². The first-order valence-corrected chi connectivity index (χ1v) is 11.4. The molecule has 1 aliphatic carbocycles. The van der Waals surface area contributed by atoms with Gasteiger partial charge < -0.3 is 20.3 Å². The number of alkyl halides is 3. The minimum atomic E-state index is -4.36. The number of halogens is 3.